The molecule has 2 aromatic carbocycles. The Bertz CT molecular complexity index is 1260. The first-order chi connectivity index (χ1) is 17.4. The van der Waals surface area contributed by atoms with Gasteiger partial charge >= 0.3 is 0 Å². The van der Waals surface area contributed by atoms with E-state index in [4.69, 9.17) is 9.47 Å². The van der Waals surface area contributed by atoms with E-state index in [1.807, 2.05) is 30.9 Å². The van der Waals surface area contributed by atoms with E-state index in [-0.39, 0.29) is 41.1 Å². The Balaban J connectivity index is 1.38. The molecule has 7 nitrogen and oxygen atoms in total. The summed E-state index contributed by atoms with van der Waals surface area (Å²) in [5.74, 6) is -1.12. The molecular weight excluding hydrogens is 466 g/mol. The Kier molecular flexibility index (Phi) is 6.82. The smallest absolute Gasteiger partial charge is 0.178 e. The Labute approximate surface area is 208 Å². The van der Waals surface area contributed by atoms with Crippen molar-refractivity contribution in [3.05, 3.63) is 65.6 Å². The SMILES string of the molecule is CC(C)N1CCOc2c(F)cc(-c3nc(CC(=O)c4ccc(N5CCOCC5)cc4)ncc3F)cc21. The summed E-state index contributed by atoms with van der Waals surface area (Å²) in [6.45, 7) is 7.97. The molecule has 1 aromatic heterocycles. The number of aromatic nitrogens is 2. The number of carbonyl (C=O) groups is 1. The molecule has 0 radical (unpaired) electrons. The number of benzene rings is 2. The minimum Gasteiger partial charge on any atom is -0.486 e. The van der Waals surface area contributed by atoms with Crippen molar-refractivity contribution in [3.63, 3.8) is 0 Å². The molecule has 0 amide bonds. The summed E-state index contributed by atoms with van der Waals surface area (Å²) >= 11 is 0. The molecule has 188 valence electrons. The molecule has 3 aromatic rings. The predicted octanol–water partition coefficient (Wildman–Crippen LogP) is 4.29. The number of hydrogen-bond acceptors (Lipinski definition) is 7. The first-order valence-corrected chi connectivity index (χ1v) is 12.1. The molecule has 3 heterocycles. The van der Waals surface area contributed by atoms with Gasteiger partial charge in [-0.15, -0.1) is 0 Å². The van der Waals surface area contributed by atoms with E-state index < -0.39 is 11.6 Å². The minimum absolute atomic E-state index is 0.0496. The van der Waals surface area contributed by atoms with E-state index in [0.717, 1.165) is 25.0 Å². The van der Waals surface area contributed by atoms with E-state index in [0.29, 0.717) is 37.6 Å². The van der Waals surface area contributed by atoms with Crippen LogP contribution in [0.3, 0.4) is 0 Å². The highest BCUT2D eigenvalue weighted by Gasteiger charge is 2.26. The lowest BCUT2D eigenvalue weighted by atomic mass is 10.1. The Morgan fingerprint density at radius 3 is 2.50 bits per heavy atom. The summed E-state index contributed by atoms with van der Waals surface area (Å²) in [4.78, 5) is 25.4. The third-order valence-corrected chi connectivity index (χ3v) is 6.49. The average molecular weight is 495 g/mol. The van der Waals surface area contributed by atoms with Gasteiger partial charge in [-0.1, -0.05) is 0 Å². The maximum absolute atomic E-state index is 14.9. The Morgan fingerprint density at radius 1 is 1.03 bits per heavy atom. The number of rotatable bonds is 6. The van der Waals surface area contributed by atoms with Crippen molar-refractivity contribution in [2.24, 2.45) is 0 Å². The maximum Gasteiger partial charge on any atom is 0.178 e. The normalized spacial score (nSPS) is 15.6. The molecule has 0 unspecified atom stereocenters. The van der Waals surface area contributed by atoms with Crippen LogP contribution in [0.2, 0.25) is 0 Å². The summed E-state index contributed by atoms with van der Waals surface area (Å²) in [5, 5.41) is 0. The number of hydrogen-bond donors (Lipinski definition) is 0. The number of carbonyl (C=O) groups excluding carboxylic acids is 1. The van der Waals surface area contributed by atoms with E-state index in [2.05, 4.69) is 14.9 Å². The van der Waals surface area contributed by atoms with Gasteiger partial charge in [0.05, 0.1) is 38.1 Å². The predicted molar refractivity (Wildman–Crippen MR) is 133 cm³/mol. The van der Waals surface area contributed by atoms with Gasteiger partial charge < -0.3 is 19.3 Å². The van der Waals surface area contributed by atoms with Crippen molar-refractivity contribution in [1.29, 1.82) is 0 Å². The zero-order valence-corrected chi connectivity index (χ0v) is 20.3. The van der Waals surface area contributed by atoms with E-state index in [1.165, 1.54) is 6.07 Å². The van der Waals surface area contributed by atoms with Crippen LogP contribution in [0.25, 0.3) is 11.3 Å². The number of Topliss-reactive ketones (excluding diaryl/α,β-unsaturated/α-hetero) is 1. The van der Waals surface area contributed by atoms with Crippen LogP contribution < -0.4 is 14.5 Å². The van der Waals surface area contributed by atoms with Gasteiger partial charge in [0.15, 0.2) is 23.2 Å². The average Bonchev–Trinajstić information content (AvgIpc) is 2.90. The fraction of sp³-hybridized carbons (Fsp3) is 0.370. The zero-order chi connectivity index (χ0) is 25.2. The highest BCUT2D eigenvalue weighted by atomic mass is 19.1. The van der Waals surface area contributed by atoms with Gasteiger partial charge in [0.2, 0.25) is 0 Å². The van der Waals surface area contributed by atoms with Crippen LogP contribution in [0.15, 0.2) is 42.6 Å². The summed E-state index contributed by atoms with van der Waals surface area (Å²) in [6, 6.07) is 10.4. The second-order valence-electron chi connectivity index (χ2n) is 9.17. The molecule has 1 saturated heterocycles. The number of nitrogens with zero attached hydrogens (tertiary/aromatic N) is 4. The topological polar surface area (TPSA) is 67.8 Å². The van der Waals surface area contributed by atoms with Crippen molar-refractivity contribution >= 4 is 17.2 Å². The van der Waals surface area contributed by atoms with Crippen LogP contribution in [0, 0.1) is 11.6 Å². The van der Waals surface area contributed by atoms with Gasteiger partial charge in [-0.2, -0.15) is 0 Å². The number of morpholine rings is 1. The molecule has 0 bridgehead atoms. The standard InChI is InChI=1S/C27H28F2N4O3/c1-17(2)33-9-12-36-27-21(28)13-19(14-23(27)33)26-22(29)16-30-25(31-26)15-24(34)18-3-5-20(6-4-18)32-7-10-35-11-8-32/h3-6,13-14,16-17H,7-12,15H2,1-2H3. The molecule has 2 aliphatic rings. The van der Waals surface area contributed by atoms with Gasteiger partial charge in [0.25, 0.3) is 0 Å². The molecule has 5 rings (SSSR count). The lowest BCUT2D eigenvalue weighted by Gasteiger charge is -2.34. The van der Waals surface area contributed by atoms with Crippen LogP contribution in [0.5, 0.6) is 5.75 Å². The Hall–Kier alpha value is -3.59. The first-order valence-electron chi connectivity index (χ1n) is 12.1. The van der Waals surface area contributed by atoms with Crippen molar-refractivity contribution in [2.45, 2.75) is 26.3 Å². The number of ketones is 1. The highest BCUT2D eigenvalue weighted by molar-refractivity contribution is 5.97. The molecule has 0 aliphatic carbocycles. The molecular formula is C27H28F2N4O3. The van der Waals surface area contributed by atoms with Crippen molar-refractivity contribution in [1.82, 2.24) is 9.97 Å². The lowest BCUT2D eigenvalue weighted by Crippen LogP contribution is -2.38. The van der Waals surface area contributed by atoms with Gasteiger partial charge in [0, 0.05) is 35.9 Å². The molecule has 0 spiro atoms. The summed E-state index contributed by atoms with van der Waals surface area (Å²) < 4.78 is 40.6. The lowest BCUT2D eigenvalue weighted by molar-refractivity contribution is 0.0990. The van der Waals surface area contributed by atoms with Crippen molar-refractivity contribution in [3.8, 4) is 17.0 Å². The fourth-order valence-electron chi connectivity index (χ4n) is 4.59. The molecule has 0 N–H and O–H groups in total. The highest BCUT2D eigenvalue weighted by Crippen LogP contribution is 2.39. The summed E-state index contributed by atoms with van der Waals surface area (Å²) in [6.07, 6.45) is 0.930. The number of anilines is 2. The summed E-state index contributed by atoms with van der Waals surface area (Å²) in [7, 11) is 0. The number of fused-ring (bicyclic) bond motifs is 1. The number of ether oxygens (including phenoxy) is 2. The molecule has 0 saturated carbocycles. The first kappa shape index (κ1) is 24.1. The monoisotopic (exact) mass is 494 g/mol. The number of halogens is 2. The zero-order valence-electron chi connectivity index (χ0n) is 20.3. The third-order valence-electron chi connectivity index (χ3n) is 6.49. The molecule has 9 heteroatoms. The van der Waals surface area contributed by atoms with Gasteiger partial charge in [-0.25, -0.2) is 18.7 Å². The molecule has 36 heavy (non-hydrogen) atoms. The Morgan fingerprint density at radius 2 is 1.78 bits per heavy atom. The van der Waals surface area contributed by atoms with Crippen molar-refractivity contribution in [2.75, 3.05) is 49.3 Å². The van der Waals surface area contributed by atoms with E-state index in [1.54, 1.807) is 18.2 Å². The maximum atomic E-state index is 14.9. The van der Waals surface area contributed by atoms with E-state index in [9.17, 15) is 13.6 Å². The molecule has 2 aliphatic heterocycles. The second kappa shape index (κ2) is 10.2. The van der Waals surface area contributed by atoms with Crippen LogP contribution in [-0.4, -0.2) is 61.2 Å². The molecule has 1 fully saturated rings. The fourth-order valence-corrected chi connectivity index (χ4v) is 4.59. The van der Waals surface area contributed by atoms with Crippen LogP contribution in [0.4, 0.5) is 20.2 Å². The largest absolute Gasteiger partial charge is 0.486 e. The van der Waals surface area contributed by atoms with Gasteiger partial charge in [-0.3, -0.25) is 4.79 Å². The van der Waals surface area contributed by atoms with Crippen LogP contribution in [-0.2, 0) is 11.2 Å². The van der Waals surface area contributed by atoms with Crippen LogP contribution >= 0.6 is 0 Å². The second-order valence-corrected chi connectivity index (χ2v) is 9.17. The van der Waals surface area contributed by atoms with Gasteiger partial charge in [0.1, 0.15) is 18.1 Å². The van der Waals surface area contributed by atoms with Gasteiger partial charge in [-0.05, 0) is 50.2 Å². The van der Waals surface area contributed by atoms with Crippen LogP contribution in [0.1, 0.15) is 30.0 Å². The molecule has 0 atom stereocenters. The quantitative estimate of drug-likeness (QED) is 0.474. The minimum atomic E-state index is -0.687. The van der Waals surface area contributed by atoms with E-state index >= 15 is 0 Å². The third kappa shape index (κ3) is 4.88. The van der Waals surface area contributed by atoms with Crippen molar-refractivity contribution < 1.29 is 23.0 Å². The summed E-state index contributed by atoms with van der Waals surface area (Å²) in [5.41, 5.74) is 2.33.